The summed E-state index contributed by atoms with van der Waals surface area (Å²) in [6.45, 7) is 2.88. The van der Waals surface area contributed by atoms with Gasteiger partial charge in [0, 0.05) is 18.8 Å². The molecule has 0 atom stereocenters. The Balaban J connectivity index is 1.70. The second kappa shape index (κ2) is 9.99. The summed E-state index contributed by atoms with van der Waals surface area (Å²) >= 11 is 0. The number of hydrogen-bond acceptors (Lipinski definition) is 6. The summed E-state index contributed by atoms with van der Waals surface area (Å²) in [6, 6.07) is 12.8. The maximum Gasteiger partial charge on any atom is 0.245 e. The number of benzene rings is 2. The molecule has 1 fully saturated rings. The number of aryl methyl sites for hydroxylation is 1. The van der Waals surface area contributed by atoms with Crippen LogP contribution >= 0.6 is 0 Å². The summed E-state index contributed by atoms with van der Waals surface area (Å²) in [6.07, 6.45) is 1.86. The van der Waals surface area contributed by atoms with Crippen molar-refractivity contribution in [1.29, 1.82) is 0 Å². The highest BCUT2D eigenvalue weighted by molar-refractivity contribution is 7.92. The molecule has 0 unspecified atom stereocenters. The lowest BCUT2D eigenvalue weighted by Crippen LogP contribution is -2.40. The standard InChI is InChI=1S/C21H27N3O6S2/c1-3-17-4-8-19(9-5-17)24(31(2,26)27)16-21(25)22-18-6-10-20(11-7-18)32(28,29)23-12-14-30-15-13-23/h4-11H,3,12-16H2,1-2H3,(H,22,25). The molecule has 1 aliphatic heterocycles. The maximum absolute atomic E-state index is 12.7. The molecule has 1 saturated heterocycles. The zero-order chi connectivity index (χ0) is 23.4. The number of nitrogens with zero attached hydrogens (tertiary/aromatic N) is 2. The van der Waals surface area contributed by atoms with Crippen LogP contribution in [0.3, 0.4) is 0 Å². The van der Waals surface area contributed by atoms with Crippen LogP contribution in [0, 0.1) is 0 Å². The number of carbonyl (C=O) groups is 1. The van der Waals surface area contributed by atoms with E-state index in [0.717, 1.165) is 22.5 Å². The van der Waals surface area contributed by atoms with Gasteiger partial charge in [0.15, 0.2) is 0 Å². The van der Waals surface area contributed by atoms with Crippen LogP contribution in [0.15, 0.2) is 53.4 Å². The van der Waals surface area contributed by atoms with Crippen LogP contribution in [-0.4, -0.2) is 66.2 Å². The van der Waals surface area contributed by atoms with Gasteiger partial charge in [-0.1, -0.05) is 19.1 Å². The van der Waals surface area contributed by atoms with Crippen molar-refractivity contribution in [2.75, 3.05) is 48.7 Å². The Morgan fingerprint density at radius 3 is 2.12 bits per heavy atom. The molecule has 0 bridgehead atoms. The molecule has 3 rings (SSSR count). The second-order valence-electron chi connectivity index (χ2n) is 7.38. The lowest BCUT2D eigenvalue weighted by molar-refractivity contribution is -0.114. The van der Waals surface area contributed by atoms with E-state index in [1.54, 1.807) is 12.1 Å². The van der Waals surface area contributed by atoms with Gasteiger partial charge in [-0.3, -0.25) is 9.10 Å². The largest absolute Gasteiger partial charge is 0.379 e. The minimum Gasteiger partial charge on any atom is -0.379 e. The highest BCUT2D eigenvalue weighted by atomic mass is 32.2. The summed E-state index contributed by atoms with van der Waals surface area (Å²) in [5, 5.41) is 2.62. The molecule has 0 saturated carbocycles. The van der Waals surface area contributed by atoms with Crippen LogP contribution in [0.25, 0.3) is 0 Å². The molecule has 0 aromatic heterocycles. The summed E-state index contributed by atoms with van der Waals surface area (Å²) in [5.74, 6) is -0.543. The SMILES string of the molecule is CCc1ccc(N(CC(=O)Nc2ccc(S(=O)(=O)N3CCOCC3)cc2)S(C)(=O)=O)cc1. The number of rotatable bonds is 8. The third-order valence-electron chi connectivity index (χ3n) is 5.07. The van der Waals surface area contributed by atoms with Gasteiger partial charge in [0.1, 0.15) is 6.54 Å². The van der Waals surface area contributed by atoms with E-state index >= 15 is 0 Å². The fourth-order valence-electron chi connectivity index (χ4n) is 3.28. The quantitative estimate of drug-likeness (QED) is 0.614. The van der Waals surface area contributed by atoms with Crippen LogP contribution in [0.1, 0.15) is 12.5 Å². The molecule has 9 nitrogen and oxygen atoms in total. The average molecular weight is 482 g/mol. The van der Waals surface area contributed by atoms with E-state index in [0.29, 0.717) is 37.7 Å². The van der Waals surface area contributed by atoms with Crippen molar-refractivity contribution in [3.05, 3.63) is 54.1 Å². The summed E-state index contributed by atoms with van der Waals surface area (Å²) in [5.41, 5.74) is 1.82. The van der Waals surface area contributed by atoms with Crippen LogP contribution in [0.4, 0.5) is 11.4 Å². The maximum atomic E-state index is 12.7. The first-order valence-electron chi connectivity index (χ1n) is 10.2. The molecule has 0 spiro atoms. The van der Waals surface area contributed by atoms with E-state index in [-0.39, 0.29) is 4.90 Å². The van der Waals surface area contributed by atoms with Crippen molar-refractivity contribution in [2.24, 2.45) is 0 Å². The molecule has 1 N–H and O–H groups in total. The normalized spacial score (nSPS) is 15.3. The van der Waals surface area contributed by atoms with Gasteiger partial charge in [0.25, 0.3) is 0 Å². The predicted octanol–water partition coefficient (Wildman–Crippen LogP) is 1.67. The zero-order valence-corrected chi connectivity index (χ0v) is 19.7. The highest BCUT2D eigenvalue weighted by Crippen LogP contribution is 2.21. The Morgan fingerprint density at radius 1 is 1.00 bits per heavy atom. The summed E-state index contributed by atoms with van der Waals surface area (Å²) in [4.78, 5) is 12.7. The van der Waals surface area contributed by atoms with Crippen molar-refractivity contribution in [3.63, 3.8) is 0 Å². The number of hydrogen-bond donors (Lipinski definition) is 1. The van der Waals surface area contributed by atoms with Gasteiger partial charge in [-0.15, -0.1) is 0 Å². The number of morpholine rings is 1. The molecule has 1 amide bonds. The van der Waals surface area contributed by atoms with Crippen molar-refractivity contribution >= 4 is 37.3 Å². The van der Waals surface area contributed by atoms with E-state index in [9.17, 15) is 21.6 Å². The molecular weight excluding hydrogens is 454 g/mol. The van der Waals surface area contributed by atoms with Gasteiger partial charge in [-0.25, -0.2) is 16.8 Å². The number of amides is 1. The number of carbonyl (C=O) groups excluding carboxylic acids is 1. The van der Waals surface area contributed by atoms with Crippen molar-refractivity contribution in [2.45, 2.75) is 18.2 Å². The fraction of sp³-hybridized carbons (Fsp3) is 0.381. The average Bonchev–Trinajstić information content (AvgIpc) is 2.78. The molecule has 0 aliphatic carbocycles. The molecule has 2 aromatic carbocycles. The Morgan fingerprint density at radius 2 is 1.59 bits per heavy atom. The van der Waals surface area contributed by atoms with E-state index in [1.165, 1.54) is 28.6 Å². The summed E-state index contributed by atoms with van der Waals surface area (Å²) in [7, 11) is -7.32. The molecule has 174 valence electrons. The van der Waals surface area contributed by atoms with Gasteiger partial charge in [-0.2, -0.15) is 4.31 Å². The molecule has 11 heteroatoms. The lowest BCUT2D eigenvalue weighted by Gasteiger charge is -2.26. The van der Waals surface area contributed by atoms with Gasteiger partial charge in [0.05, 0.1) is 30.1 Å². The van der Waals surface area contributed by atoms with Crippen LogP contribution in [0.5, 0.6) is 0 Å². The third-order valence-corrected chi connectivity index (χ3v) is 8.12. The van der Waals surface area contributed by atoms with Crippen LogP contribution < -0.4 is 9.62 Å². The highest BCUT2D eigenvalue weighted by Gasteiger charge is 2.26. The minimum absolute atomic E-state index is 0.117. The number of anilines is 2. The lowest BCUT2D eigenvalue weighted by atomic mass is 10.1. The van der Waals surface area contributed by atoms with Gasteiger partial charge in [-0.05, 0) is 48.4 Å². The van der Waals surface area contributed by atoms with E-state index in [1.807, 2.05) is 19.1 Å². The van der Waals surface area contributed by atoms with Crippen molar-refractivity contribution in [3.8, 4) is 0 Å². The van der Waals surface area contributed by atoms with E-state index < -0.39 is 32.5 Å². The first-order valence-corrected chi connectivity index (χ1v) is 13.4. The number of nitrogens with one attached hydrogen (secondary N) is 1. The molecule has 1 heterocycles. The Hall–Kier alpha value is -2.47. The topological polar surface area (TPSA) is 113 Å². The fourth-order valence-corrected chi connectivity index (χ4v) is 5.54. The zero-order valence-electron chi connectivity index (χ0n) is 18.0. The summed E-state index contributed by atoms with van der Waals surface area (Å²) < 4.78 is 57.4. The second-order valence-corrected chi connectivity index (χ2v) is 11.2. The number of ether oxygens (including phenoxy) is 1. The molecule has 32 heavy (non-hydrogen) atoms. The van der Waals surface area contributed by atoms with Crippen molar-refractivity contribution in [1.82, 2.24) is 4.31 Å². The van der Waals surface area contributed by atoms with E-state index in [2.05, 4.69) is 5.32 Å². The predicted molar refractivity (Wildman–Crippen MR) is 123 cm³/mol. The molecule has 1 aliphatic rings. The monoisotopic (exact) mass is 481 g/mol. The van der Waals surface area contributed by atoms with Crippen LogP contribution in [0.2, 0.25) is 0 Å². The van der Waals surface area contributed by atoms with Gasteiger partial charge >= 0.3 is 0 Å². The first kappa shape index (κ1) is 24.2. The van der Waals surface area contributed by atoms with Gasteiger partial charge in [0.2, 0.25) is 26.0 Å². The van der Waals surface area contributed by atoms with Crippen molar-refractivity contribution < 1.29 is 26.4 Å². The minimum atomic E-state index is -3.69. The third kappa shape index (κ3) is 5.85. The molecular formula is C21H27N3O6S2. The molecule has 2 aromatic rings. The smallest absolute Gasteiger partial charge is 0.245 e. The van der Waals surface area contributed by atoms with E-state index in [4.69, 9.17) is 4.74 Å². The first-order chi connectivity index (χ1) is 15.1. The Labute approximate surface area is 189 Å². The molecule has 0 radical (unpaired) electrons. The Kier molecular flexibility index (Phi) is 7.55. The Bertz CT molecular complexity index is 1140. The van der Waals surface area contributed by atoms with Crippen LogP contribution in [-0.2, 0) is 36.0 Å². The number of sulfonamides is 2. The van der Waals surface area contributed by atoms with Gasteiger partial charge < -0.3 is 10.1 Å².